The molecule has 2 heteroatoms. The molecular formula is C18H20ClN. The number of halogens is 1. The quantitative estimate of drug-likeness (QED) is 0.694. The summed E-state index contributed by atoms with van der Waals surface area (Å²) < 4.78 is 0. The van der Waals surface area contributed by atoms with Crippen LogP contribution in [0.4, 0.5) is 0 Å². The summed E-state index contributed by atoms with van der Waals surface area (Å²) in [5.41, 5.74) is 13.1. The molecule has 0 saturated heterocycles. The van der Waals surface area contributed by atoms with Crippen LogP contribution in [0.2, 0.25) is 0 Å². The van der Waals surface area contributed by atoms with Crippen LogP contribution < -0.4 is 5.73 Å². The zero-order valence-electron chi connectivity index (χ0n) is 11.5. The molecule has 0 saturated carbocycles. The van der Waals surface area contributed by atoms with Crippen molar-refractivity contribution in [3.8, 4) is 11.1 Å². The molecule has 3 rings (SSSR count). The molecule has 104 valence electrons. The Hall–Kier alpha value is -1.57. The maximum atomic E-state index is 6.23. The average molecular weight is 286 g/mol. The molecule has 0 unspecified atom stereocenters. The SMILES string of the molecule is C=CCC[C@@H](N)c1ccc2c(c1)Cc1ccccc1-2.Cl. The van der Waals surface area contributed by atoms with Crippen molar-refractivity contribution in [2.45, 2.75) is 25.3 Å². The Bertz CT molecular complexity index is 619. The summed E-state index contributed by atoms with van der Waals surface area (Å²) in [6, 6.07) is 15.4. The van der Waals surface area contributed by atoms with Crippen LogP contribution in [0.15, 0.2) is 55.1 Å². The number of fused-ring (bicyclic) bond motifs is 3. The fraction of sp³-hybridized carbons (Fsp3) is 0.222. The highest BCUT2D eigenvalue weighted by molar-refractivity contribution is 5.85. The van der Waals surface area contributed by atoms with Gasteiger partial charge in [0.15, 0.2) is 0 Å². The fourth-order valence-corrected chi connectivity index (χ4v) is 2.86. The van der Waals surface area contributed by atoms with Crippen LogP contribution in [-0.2, 0) is 6.42 Å². The molecular weight excluding hydrogens is 266 g/mol. The Morgan fingerprint density at radius 2 is 1.85 bits per heavy atom. The zero-order chi connectivity index (χ0) is 13.2. The predicted molar refractivity (Wildman–Crippen MR) is 88.3 cm³/mol. The van der Waals surface area contributed by atoms with E-state index in [1.165, 1.54) is 27.8 Å². The molecule has 20 heavy (non-hydrogen) atoms. The van der Waals surface area contributed by atoms with E-state index in [0.29, 0.717) is 0 Å². The van der Waals surface area contributed by atoms with E-state index < -0.39 is 0 Å². The van der Waals surface area contributed by atoms with Crippen molar-refractivity contribution in [1.29, 1.82) is 0 Å². The number of rotatable bonds is 4. The maximum absolute atomic E-state index is 6.23. The van der Waals surface area contributed by atoms with Crippen molar-refractivity contribution in [1.82, 2.24) is 0 Å². The van der Waals surface area contributed by atoms with Crippen LogP contribution in [0.3, 0.4) is 0 Å². The van der Waals surface area contributed by atoms with E-state index in [9.17, 15) is 0 Å². The summed E-state index contributed by atoms with van der Waals surface area (Å²) in [7, 11) is 0. The third kappa shape index (κ3) is 2.65. The second-order valence-electron chi connectivity index (χ2n) is 5.22. The van der Waals surface area contributed by atoms with Crippen LogP contribution in [0, 0.1) is 0 Å². The highest BCUT2D eigenvalue weighted by Crippen LogP contribution is 2.37. The Morgan fingerprint density at radius 3 is 2.65 bits per heavy atom. The lowest BCUT2D eigenvalue weighted by Gasteiger charge is -2.12. The minimum Gasteiger partial charge on any atom is -0.324 e. The fourth-order valence-electron chi connectivity index (χ4n) is 2.86. The van der Waals surface area contributed by atoms with Gasteiger partial charge in [0.2, 0.25) is 0 Å². The molecule has 2 N–H and O–H groups in total. The van der Waals surface area contributed by atoms with Crippen molar-refractivity contribution >= 4 is 12.4 Å². The van der Waals surface area contributed by atoms with Gasteiger partial charge in [-0.25, -0.2) is 0 Å². The molecule has 0 amide bonds. The third-order valence-corrected chi connectivity index (χ3v) is 3.93. The molecule has 2 aromatic rings. The summed E-state index contributed by atoms with van der Waals surface area (Å²) in [5.74, 6) is 0. The Balaban J connectivity index is 0.00000147. The van der Waals surface area contributed by atoms with Gasteiger partial charge in [-0.3, -0.25) is 0 Å². The minimum absolute atomic E-state index is 0. The van der Waals surface area contributed by atoms with E-state index in [-0.39, 0.29) is 18.4 Å². The number of nitrogens with two attached hydrogens (primary N) is 1. The van der Waals surface area contributed by atoms with E-state index in [1.54, 1.807) is 0 Å². The predicted octanol–water partition coefficient (Wildman–Crippen LogP) is 4.65. The molecule has 1 aliphatic carbocycles. The number of hydrogen-bond donors (Lipinski definition) is 1. The number of hydrogen-bond acceptors (Lipinski definition) is 1. The van der Waals surface area contributed by atoms with E-state index in [2.05, 4.69) is 49.0 Å². The Labute approximate surface area is 126 Å². The highest BCUT2D eigenvalue weighted by atomic mass is 35.5. The second kappa shape index (κ2) is 6.25. The average Bonchev–Trinajstić information content (AvgIpc) is 2.82. The molecule has 0 radical (unpaired) electrons. The van der Waals surface area contributed by atoms with Crippen LogP contribution in [0.25, 0.3) is 11.1 Å². The first-order valence-corrected chi connectivity index (χ1v) is 6.87. The van der Waals surface area contributed by atoms with Gasteiger partial charge in [-0.2, -0.15) is 0 Å². The summed E-state index contributed by atoms with van der Waals surface area (Å²) in [6.45, 7) is 3.76. The molecule has 0 spiro atoms. The molecule has 0 bridgehead atoms. The van der Waals surface area contributed by atoms with Crippen LogP contribution in [0.1, 0.15) is 35.6 Å². The third-order valence-electron chi connectivity index (χ3n) is 3.93. The molecule has 0 aliphatic heterocycles. The summed E-state index contributed by atoms with van der Waals surface area (Å²) in [5, 5.41) is 0. The second-order valence-corrected chi connectivity index (χ2v) is 5.22. The van der Waals surface area contributed by atoms with E-state index >= 15 is 0 Å². The standard InChI is InChI=1S/C18H19N.ClH/c1-2-3-8-18(19)14-9-10-17-15(12-14)11-13-6-4-5-7-16(13)17;/h2,4-7,9-10,12,18H,1,3,8,11,19H2;1H/t18-;/m1./s1. The normalized spacial score (nSPS) is 13.1. The van der Waals surface area contributed by atoms with E-state index in [4.69, 9.17) is 5.73 Å². The van der Waals surface area contributed by atoms with Gasteiger partial charge in [0.1, 0.15) is 0 Å². The molecule has 0 fully saturated rings. The largest absolute Gasteiger partial charge is 0.324 e. The van der Waals surface area contributed by atoms with Crippen molar-refractivity contribution < 1.29 is 0 Å². The van der Waals surface area contributed by atoms with Crippen molar-refractivity contribution in [2.75, 3.05) is 0 Å². The Morgan fingerprint density at radius 1 is 1.10 bits per heavy atom. The van der Waals surface area contributed by atoms with Gasteiger partial charge in [-0.1, -0.05) is 48.5 Å². The number of allylic oxidation sites excluding steroid dienone is 1. The van der Waals surface area contributed by atoms with Crippen molar-refractivity contribution in [2.24, 2.45) is 5.73 Å². The monoisotopic (exact) mass is 285 g/mol. The van der Waals surface area contributed by atoms with Gasteiger partial charge in [-0.05, 0) is 47.1 Å². The van der Waals surface area contributed by atoms with Gasteiger partial charge in [-0.15, -0.1) is 19.0 Å². The first kappa shape index (κ1) is 14.8. The number of benzene rings is 2. The topological polar surface area (TPSA) is 26.0 Å². The molecule has 0 heterocycles. The zero-order valence-corrected chi connectivity index (χ0v) is 12.3. The summed E-state index contributed by atoms with van der Waals surface area (Å²) in [6.07, 6.45) is 4.91. The van der Waals surface area contributed by atoms with Crippen LogP contribution in [-0.4, -0.2) is 0 Å². The van der Waals surface area contributed by atoms with Gasteiger partial charge in [0.05, 0.1) is 0 Å². The van der Waals surface area contributed by atoms with Gasteiger partial charge >= 0.3 is 0 Å². The lowest BCUT2D eigenvalue weighted by atomic mass is 9.97. The first-order chi connectivity index (χ1) is 9.29. The Kier molecular flexibility index (Phi) is 4.64. The highest BCUT2D eigenvalue weighted by Gasteiger charge is 2.18. The lowest BCUT2D eigenvalue weighted by Crippen LogP contribution is -2.10. The van der Waals surface area contributed by atoms with E-state index in [0.717, 1.165) is 19.3 Å². The first-order valence-electron chi connectivity index (χ1n) is 6.87. The molecule has 1 aliphatic rings. The van der Waals surface area contributed by atoms with E-state index in [1.807, 2.05) is 6.08 Å². The smallest absolute Gasteiger partial charge is 0.0297 e. The van der Waals surface area contributed by atoms with Gasteiger partial charge in [0.25, 0.3) is 0 Å². The van der Waals surface area contributed by atoms with Crippen LogP contribution in [0.5, 0.6) is 0 Å². The molecule has 1 atom stereocenters. The maximum Gasteiger partial charge on any atom is 0.0297 e. The summed E-state index contributed by atoms with van der Waals surface area (Å²) >= 11 is 0. The van der Waals surface area contributed by atoms with Gasteiger partial charge in [0, 0.05) is 6.04 Å². The van der Waals surface area contributed by atoms with Crippen LogP contribution >= 0.6 is 12.4 Å². The summed E-state index contributed by atoms with van der Waals surface area (Å²) in [4.78, 5) is 0. The van der Waals surface area contributed by atoms with Crippen molar-refractivity contribution in [3.63, 3.8) is 0 Å². The lowest BCUT2D eigenvalue weighted by molar-refractivity contribution is 0.661. The van der Waals surface area contributed by atoms with Gasteiger partial charge < -0.3 is 5.73 Å². The molecule has 1 nitrogen and oxygen atoms in total. The van der Waals surface area contributed by atoms with Crippen molar-refractivity contribution in [3.05, 3.63) is 71.8 Å². The molecule has 2 aromatic carbocycles. The minimum atomic E-state index is 0. The molecule has 0 aromatic heterocycles.